The molecular formula is C48H48Cl2O2SiZr-2. The van der Waals surface area contributed by atoms with Gasteiger partial charge in [0.2, 0.25) is 0 Å². The van der Waals surface area contributed by atoms with Crippen LogP contribution in [0.3, 0.4) is 0 Å². The third kappa shape index (κ3) is 9.23. The zero-order valence-electron chi connectivity index (χ0n) is 32.5. The van der Waals surface area contributed by atoms with E-state index in [0.717, 1.165) is 47.0 Å². The average Bonchev–Trinajstić information content (AvgIpc) is 3.98. The molecular weight excluding hydrogens is 799 g/mol. The van der Waals surface area contributed by atoms with Gasteiger partial charge >= 0.3 is 53.5 Å². The van der Waals surface area contributed by atoms with E-state index < -0.39 is 18.0 Å². The normalized spacial score (nSPS) is 10.9. The van der Waals surface area contributed by atoms with Crippen LogP contribution in [0.25, 0.3) is 66.4 Å². The van der Waals surface area contributed by atoms with Crippen LogP contribution < -0.4 is 0 Å². The number of fused-ring (bicyclic) bond motifs is 2. The first-order valence-corrected chi connectivity index (χ1v) is 31.2. The van der Waals surface area contributed by atoms with Crippen LogP contribution in [0.15, 0.2) is 130 Å². The molecule has 0 amide bonds. The zero-order chi connectivity index (χ0) is 38.5. The van der Waals surface area contributed by atoms with Crippen molar-refractivity contribution in [1.82, 2.24) is 0 Å². The molecule has 54 heavy (non-hydrogen) atoms. The zero-order valence-corrected chi connectivity index (χ0v) is 37.5. The van der Waals surface area contributed by atoms with Crippen molar-refractivity contribution in [2.24, 2.45) is 0 Å². The molecule has 0 aliphatic heterocycles. The molecule has 276 valence electrons. The molecule has 0 saturated carbocycles. The summed E-state index contributed by atoms with van der Waals surface area (Å²) in [5.74, 6) is 3.77. The fourth-order valence-corrected chi connectivity index (χ4v) is 6.91. The van der Waals surface area contributed by atoms with Gasteiger partial charge in [-0.15, -0.1) is 57.9 Å². The van der Waals surface area contributed by atoms with Crippen LogP contribution in [0, 0.1) is 27.7 Å². The summed E-state index contributed by atoms with van der Waals surface area (Å²) in [5.41, 5.74) is 12.7. The summed E-state index contributed by atoms with van der Waals surface area (Å²) in [5, 5.41) is 5.13. The van der Waals surface area contributed by atoms with Crippen molar-refractivity contribution in [3.63, 3.8) is 0 Å². The van der Waals surface area contributed by atoms with Crippen molar-refractivity contribution >= 4 is 44.0 Å². The van der Waals surface area contributed by atoms with Crippen molar-refractivity contribution in [2.75, 3.05) is 0 Å². The molecule has 0 fully saturated rings. The second kappa shape index (κ2) is 17.9. The monoisotopic (exact) mass is 844 g/mol. The molecule has 0 radical (unpaired) electrons. The van der Waals surface area contributed by atoms with Crippen LogP contribution in [-0.2, 0) is 30.8 Å². The summed E-state index contributed by atoms with van der Waals surface area (Å²) >= 11 is -1.65. The molecule has 2 heterocycles. The minimum atomic E-state index is -1.65. The first-order chi connectivity index (χ1) is 25.9. The molecule has 2 nitrogen and oxygen atoms in total. The number of halogens is 2. The fourth-order valence-electron chi connectivity index (χ4n) is 6.91. The molecule has 6 aromatic carbocycles. The standard InChI is InChI=1S/2C23H21O.C2H6Si.2ClH.Zr/c2*1-4-17-6-5-7-19(12-17)23-15(2)8-10-18-13-20(14-21(18)23)22-11-9-16(3)24-22;1-3-2;;;/h2*5-14H,4H2,1-3H3;1-2H3;2*1H;/q2*-1;;;;+2/p-2. The second-order valence-corrected chi connectivity index (χ2v) is 37.2. The van der Waals surface area contributed by atoms with Crippen LogP contribution in [0.2, 0.25) is 13.1 Å². The predicted molar refractivity (Wildman–Crippen MR) is 232 cm³/mol. The Hall–Kier alpha value is -3.66. The third-order valence-electron chi connectivity index (χ3n) is 9.87. The van der Waals surface area contributed by atoms with E-state index in [0.29, 0.717) is 0 Å². The van der Waals surface area contributed by atoms with Gasteiger partial charge in [0.05, 0.1) is 23.0 Å². The molecule has 2 aromatic heterocycles. The maximum absolute atomic E-state index is 5.81. The van der Waals surface area contributed by atoms with Crippen molar-refractivity contribution in [2.45, 2.75) is 67.5 Å². The Balaban J connectivity index is 0.000000160. The molecule has 0 atom stereocenters. The Kier molecular flexibility index (Phi) is 13.2. The summed E-state index contributed by atoms with van der Waals surface area (Å²) in [4.78, 5) is 0. The molecule has 0 unspecified atom stereocenters. The number of hydrogen-bond acceptors (Lipinski definition) is 2. The molecule has 0 aliphatic carbocycles. The summed E-state index contributed by atoms with van der Waals surface area (Å²) in [7, 11) is 11.2. The summed E-state index contributed by atoms with van der Waals surface area (Å²) in [6.07, 6.45) is 2.11. The van der Waals surface area contributed by atoms with E-state index in [-0.39, 0.29) is 5.43 Å². The Labute approximate surface area is 335 Å². The summed E-state index contributed by atoms with van der Waals surface area (Å²) < 4.78 is 11.6. The molecule has 0 saturated heterocycles. The van der Waals surface area contributed by atoms with E-state index in [9.17, 15) is 0 Å². The topological polar surface area (TPSA) is 26.3 Å². The van der Waals surface area contributed by atoms with Gasteiger partial charge in [-0.05, 0) is 98.2 Å². The first kappa shape index (κ1) is 40.0. The van der Waals surface area contributed by atoms with Gasteiger partial charge < -0.3 is 8.83 Å². The van der Waals surface area contributed by atoms with Crippen molar-refractivity contribution in [1.29, 1.82) is 0 Å². The second-order valence-electron chi connectivity index (χ2n) is 14.2. The van der Waals surface area contributed by atoms with E-state index in [2.05, 4.69) is 138 Å². The van der Waals surface area contributed by atoms with E-state index in [1.165, 1.54) is 66.1 Å². The SMILES string of the molecule is CCc1cccc(-c2c(C)ccc3[cH-]c(-c4ccc(C)o4)cc23)c1.CCc1cccc(-c2c(C)ccc3[cH-]c(-c4ccc(C)o4)cc23)c1.C[Si](C)=[Zr]([Cl])[Cl]. The van der Waals surface area contributed by atoms with Gasteiger partial charge in [-0.25, -0.2) is 0 Å². The molecule has 0 aliphatic rings. The number of aryl methyl sites for hydroxylation is 6. The molecule has 0 spiro atoms. The molecule has 0 bridgehead atoms. The van der Waals surface area contributed by atoms with Gasteiger partial charge in [-0.1, -0.05) is 96.8 Å². The summed E-state index contributed by atoms with van der Waals surface area (Å²) in [6.45, 7) is 17.1. The molecule has 6 heteroatoms. The van der Waals surface area contributed by atoms with Crippen molar-refractivity contribution in [3.8, 4) is 44.9 Å². The van der Waals surface area contributed by atoms with Crippen LogP contribution in [0.5, 0.6) is 0 Å². The van der Waals surface area contributed by atoms with Gasteiger partial charge in [-0.3, -0.25) is 0 Å². The Morgan fingerprint density at radius 1 is 0.556 bits per heavy atom. The van der Waals surface area contributed by atoms with E-state index >= 15 is 0 Å². The van der Waals surface area contributed by atoms with Gasteiger partial charge in [0, 0.05) is 0 Å². The van der Waals surface area contributed by atoms with Crippen LogP contribution in [-0.4, -0.2) is 5.43 Å². The summed E-state index contributed by atoms with van der Waals surface area (Å²) in [6, 6.07) is 43.7. The Morgan fingerprint density at radius 3 is 1.30 bits per heavy atom. The van der Waals surface area contributed by atoms with E-state index in [1.807, 2.05) is 38.1 Å². The number of hydrogen-bond donors (Lipinski definition) is 0. The maximum atomic E-state index is 5.81. The van der Waals surface area contributed by atoms with Gasteiger partial charge in [0.1, 0.15) is 0 Å². The van der Waals surface area contributed by atoms with Gasteiger partial charge in [0.25, 0.3) is 0 Å². The van der Waals surface area contributed by atoms with Gasteiger partial charge in [0.15, 0.2) is 0 Å². The Bertz CT molecular complexity index is 2390. The predicted octanol–water partition coefficient (Wildman–Crippen LogP) is 15.5. The quantitative estimate of drug-likeness (QED) is 0.123. The minimum absolute atomic E-state index is 0.224. The molecule has 8 aromatic rings. The van der Waals surface area contributed by atoms with Crippen LogP contribution in [0.4, 0.5) is 0 Å². The van der Waals surface area contributed by atoms with Crippen molar-refractivity contribution < 1.29 is 26.8 Å². The first-order valence-electron chi connectivity index (χ1n) is 18.7. The molecule has 0 N–H and O–H groups in total. The van der Waals surface area contributed by atoms with E-state index in [4.69, 9.17) is 25.9 Å². The van der Waals surface area contributed by atoms with E-state index in [1.54, 1.807) is 0 Å². The van der Waals surface area contributed by atoms with Crippen LogP contribution in [0.1, 0.15) is 47.6 Å². The number of benzene rings is 4. The third-order valence-corrected chi connectivity index (χ3v) is 29.6. The number of furan rings is 2. The van der Waals surface area contributed by atoms with Gasteiger partial charge in [-0.2, -0.15) is 0 Å². The van der Waals surface area contributed by atoms with Crippen molar-refractivity contribution in [3.05, 3.63) is 155 Å². The van der Waals surface area contributed by atoms with Crippen LogP contribution >= 0.6 is 17.0 Å². The molecule has 8 rings (SSSR count). The fraction of sp³-hybridized carbons (Fsp3) is 0.208. The number of rotatable bonds is 6. The average molecular weight is 847 g/mol. The Morgan fingerprint density at radius 2 is 0.963 bits per heavy atom.